The van der Waals surface area contributed by atoms with Gasteiger partial charge in [0.15, 0.2) is 5.78 Å². The van der Waals surface area contributed by atoms with E-state index in [-0.39, 0.29) is 18.1 Å². The number of carboxylic acid groups (broad SMARTS) is 1. The van der Waals surface area contributed by atoms with Crippen molar-refractivity contribution in [2.24, 2.45) is 0 Å². The summed E-state index contributed by atoms with van der Waals surface area (Å²) in [5.41, 5.74) is 7.92. The average Bonchev–Trinajstić information content (AvgIpc) is 2.05. The molecule has 0 aromatic heterocycles. The molecule has 1 aliphatic carbocycles. The van der Waals surface area contributed by atoms with Gasteiger partial charge in [-0.05, 0) is 6.08 Å². The maximum atomic E-state index is 10.8. The lowest BCUT2D eigenvalue weighted by Crippen LogP contribution is -2.15. The van der Waals surface area contributed by atoms with Gasteiger partial charge in [0.05, 0.1) is 0 Å². The van der Waals surface area contributed by atoms with E-state index in [9.17, 15) is 9.59 Å². The van der Waals surface area contributed by atoms with Crippen LogP contribution in [0.15, 0.2) is 23.8 Å². The Labute approximate surface area is 79.4 Å². The number of hydrogen-bond donors (Lipinski definition) is 1. The molecule has 0 radical (unpaired) electrons. The molecular weight excluding hydrogens is 196 g/mol. The summed E-state index contributed by atoms with van der Waals surface area (Å²) >= 11 is 0. The Morgan fingerprint density at radius 3 is 2.54 bits per heavy atom. The lowest BCUT2D eigenvalue weighted by atomic mass is 10.0. The number of hydrogen-bond acceptors (Lipinski definition) is 2. The second-order valence-corrected chi connectivity index (χ2v) is 2.09. The molecule has 0 unspecified atom stereocenters. The molecule has 0 fully saturated rings. The van der Waals surface area contributed by atoms with E-state index >= 15 is 0 Å². The van der Waals surface area contributed by atoms with E-state index < -0.39 is 17.3 Å². The van der Waals surface area contributed by atoms with Crippen LogP contribution in [0.1, 0.15) is 0 Å². The zero-order valence-corrected chi connectivity index (χ0v) is 7.11. The van der Waals surface area contributed by atoms with Gasteiger partial charge in [0.1, 0.15) is 5.57 Å². The summed E-state index contributed by atoms with van der Waals surface area (Å²) in [6.45, 7) is 0. The first-order valence-corrected chi connectivity index (χ1v) is 3.04. The monoisotopic (exact) mass is 200 g/mol. The third-order valence-electron chi connectivity index (χ3n) is 1.31. The summed E-state index contributed by atoms with van der Waals surface area (Å²) in [6, 6.07) is 0. The number of allylic oxidation sites excluding steroid dienone is 3. The summed E-state index contributed by atoms with van der Waals surface area (Å²) in [6.07, 6.45) is 3.28. The topological polar surface area (TPSA) is 90.8 Å². The Morgan fingerprint density at radius 2 is 2.08 bits per heavy atom. The summed E-state index contributed by atoms with van der Waals surface area (Å²) in [5.74, 6) is -1.93. The molecule has 1 N–H and O–H groups in total. The van der Waals surface area contributed by atoms with Crippen LogP contribution in [0.25, 0.3) is 5.53 Å². The molecule has 1 aliphatic rings. The first-order valence-electron chi connectivity index (χ1n) is 3.04. The molecule has 6 heteroatoms. The van der Waals surface area contributed by atoms with Gasteiger partial charge in [-0.3, -0.25) is 4.79 Å². The van der Waals surface area contributed by atoms with Gasteiger partial charge in [-0.1, -0.05) is 0 Å². The lowest BCUT2D eigenvalue weighted by molar-refractivity contribution is -0.134. The molecule has 0 heterocycles. The van der Waals surface area contributed by atoms with Crippen molar-refractivity contribution in [3.05, 3.63) is 29.3 Å². The van der Waals surface area contributed by atoms with E-state index in [1.54, 1.807) is 0 Å². The highest BCUT2D eigenvalue weighted by Crippen LogP contribution is 2.04. The third kappa shape index (κ3) is 2.37. The van der Waals surface area contributed by atoms with E-state index in [2.05, 4.69) is 4.79 Å². The highest BCUT2D eigenvalue weighted by atomic mass is 35.5. The second-order valence-electron chi connectivity index (χ2n) is 2.09. The summed E-state index contributed by atoms with van der Waals surface area (Å²) in [4.78, 5) is 23.9. The van der Waals surface area contributed by atoms with Crippen LogP contribution in [0.4, 0.5) is 0 Å². The second kappa shape index (κ2) is 4.35. The van der Waals surface area contributed by atoms with E-state index in [4.69, 9.17) is 10.6 Å². The molecule has 0 spiro atoms. The molecule has 0 bridgehead atoms. The van der Waals surface area contributed by atoms with Gasteiger partial charge < -0.3 is 10.6 Å². The molecule has 0 atom stereocenters. The summed E-state index contributed by atoms with van der Waals surface area (Å²) in [5, 5.41) is 8.46. The SMILES string of the molecule is Cl.[N-]=[N+]=C1C=CC(=O)C(C(=O)O)=C1. The zero-order valence-electron chi connectivity index (χ0n) is 6.30. The first-order chi connectivity index (χ1) is 5.65. The van der Waals surface area contributed by atoms with Gasteiger partial charge >= 0.3 is 11.7 Å². The largest absolute Gasteiger partial charge is 0.478 e. The quantitative estimate of drug-likeness (QED) is 0.284. The summed E-state index contributed by atoms with van der Waals surface area (Å²) < 4.78 is 0. The predicted octanol–water partition coefficient (Wildman–Crippen LogP) is 0.229. The van der Waals surface area contributed by atoms with Gasteiger partial charge in [-0.15, -0.1) is 12.4 Å². The van der Waals surface area contributed by atoms with Crippen molar-refractivity contribution < 1.29 is 19.5 Å². The maximum Gasteiger partial charge on any atom is 0.339 e. The van der Waals surface area contributed by atoms with Crippen LogP contribution in [0.2, 0.25) is 0 Å². The highest BCUT2D eigenvalue weighted by molar-refractivity contribution is 6.28. The fourth-order valence-corrected chi connectivity index (χ4v) is 0.747. The minimum atomic E-state index is -1.33. The number of halogens is 1. The van der Waals surface area contributed by atoms with Gasteiger partial charge in [0.2, 0.25) is 0 Å². The van der Waals surface area contributed by atoms with Crippen LogP contribution in [0, 0.1) is 0 Å². The molecule has 0 amide bonds. The van der Waals surface area contributed by atoms with Gasteiger partial charge in [-0.2, -0.15) is 4.79 Å². The Kier molecular flexibility index (Phi) is 3.78. The van der Waals surface area contributed by atoms with Crippen molar-refractivity contribution in [1.29, 1.82) is 0 Å². The molecule has 0 aromatic rings. The Hall–Kier alpha value is -1.71. The molecule has 0 saturated carbocycles. The van der Waals surface area contributed by atoms with Crippen molar-refractivity contribution >= 4 is 29.9 Å². The van der Waals surface area contributed by atoms with E-state index in [1.165, 1.54) is 6.08 Å². The van der Waals surface area contributed by atoms with E-state index in [0.717, 1.165) is 12.2 Å². The minimum absolute atomic E-state index is 0. The van der Waals surface area contributed by atoms with Gasteiger partial charge in [-0.25, -0.2) is 4.79 Å². The average molecular weight is 201 g/mol. The molecular formula is C7H5ClN2O3. The van der Waals surface area contributed by atoms with Crippen molar-refractivity contribution in [3.63, 3.8) is 0 Å². The number of aliphatic carboxylic acids is 1. The van der Waals surface area contributed by atoms with Crippen molar-refractivity contribution in [1.82, 2.24) is 0 Å². The fourth-order valence-electron chi connectivity index (χ4n) is 0.747. The molecule has 5 nitrogen and oxygen atoms in total. The number of ketones is 1. The molecule has 13 heavy (non-hydrogen) atoms. The van der Waals surface area contributed by atoms with Gasteiger partial charge in [0, 0.05) is 12.2 Å². The van der Waals surface area contributed by atoms with E-state index in [1.807, 2.05) is 0 Å². The van der Waals surface area contributed by atoms with Crippen molar-refractivity contribution in [3.8, 4) is 0 Å². The highest BCUT2D eigenvalue weighted by Gasteiger charge is 2.21. The molecule has 0 aromatic carbocycles. The lowest BCUT2D eigenvalue weighted by Gasteiger charge is -1.97. The van der Waals surface area contributed by atoms with Crippen LogP contribution >= 0.6 is 12.4 Å². The smallest absolute Gasteiger partial charge is 0.339 e. The summed E-state index contributed by atoms with van der Waals surface area (Å²) in [7, 11) is 0. The van der Waals surface area contributed by atoms with Gasteiger partial charge in [0.25, 0.3) is 0 Å². The predicted molar refractivity (Wildman–Crippen MR) is 45.7 cm³/mol. The van der Waals surface area contributed by atoms with Crippen LogP contribution < -0.4 is 0 Å². The molecule has 68 valence electrons. The fraction of sp³-hybridized carbons (Fsp3) is 0. The standard InChI is InChI=1S/C7H4N2O3.ClH/c8-9-4-1-2-6(10)5(3-4)7(11)12;/h1-3H,(H,11,12);1H. The Morgan fingerprint density at radius 1 is 1.46 bits per heavy atom. The number of carbonyl (C=O) groups is 2. The molecule has 0 aliphatic heterocycles. The Balaban J connectivity index is 0.00000144. The number of carboxylic acids is 1. The number of carbonyl (C=O) groups excluding carboxylic acids is 1. The first kappa shape index (κ1) is 11.3. The zero-order chi connectivity index (χ0) is 9.14. The third-order valence-corrected chi connectivity index (χ3v) is 1.31. The van der Waals surface area contributed by atoms with Crippen LogP contribution in [-0.4, -0.2) is 27.4 Å². The number of rotatable bonds is 1. The van der Waals surface area contributed by atoms with Crippen LogP contribution in [-0.2, 0) is 9.59 Å². The van der Waals surface area contributed by atoms with Crippen LogP contribution in [0.5, 0.6) is 0 Å². The normalized spacial score (nSPS) is 14.3. The number of nitrogens with zero attached hydrogens (tertiary/aromatic N) is 2. The van der Waals surface area contributed by atoms with Crippen molar-refractivity contribution in [2.75, 3.05) is 0 Å². The van der Waals surface area contributed by atoms with Crippen molar-refractivity contribution in [2.45, 2.75) is 0 Å². The van der Waals surface area contributed by atoms with Crippen LogP contribution in [0.3, 0.4) is 0 Å². The molecule has 0 saturated heterocycles. The Bertz CT molecular complexity index is 364. The van der Waals surface area contributed by atoms with E-state index in [0.29, 0.717) is 0 Å². The maximum absolute atomic E-state index is 10.8. The molecule has 1 rings (SSSR count). The minimum Gasteiger partial charge on any atom is -0.478 e.